The van der Waals surface area contributed by atoms with Crippen LogP contribution in [0.25, 0.3) is 0 Å². The summed E-state index contributed by atoms with van der Waals surface area (Å²) in [5.74, 6) is -0.453. The molecule has 25 heavy (non-hydrogen) atoms. The Labute approximate surface area is 150 Å². The number of aromatic nitrogens is 2. The second-order valence-corrected chi connectivity index (χ2v) is 7.04. The number of hydrogen-bond acceptors (Lipinski definition) is 4. The van der Waals surface area contributed by atoms with E-state index in [1.165, 1.54) is 24.8 Å². The van der Waals surface area contributed by atoms with Crippen LogP contribution in [0.5, 0.6) is 0 Å². The molecule has 0 unspecified atom stereocenters. The van der Waals surface area contributed by atoms with Crippen molar-refractivity contribution in [2.75, 3.05) is 12.3 Å². The van der Waals surface area contributed by atoms with Gasteiger partial charge in [0.15, 0.2) is 10.9 Å². The summed E-state index contributed by atoms with van der Waals surface area (Å²) in [5.41, 5.74) is 0.847. The summed E-state index contributed by atoms with van der Waals surface area (Å²) in [6, 6.07) is 5.04. The summed E-state index contributed by atoms with van der Waals surface area (Å²) in [6.07, 6.45) is 6.39. The standard InChI is InChI=1S/C18H20FN3O2S/c1-12(23)20-7-6-13-2-3-14(10-16(13)19)17(24)11-25-18-21-8-9-22(18)15-4-5-15/h2-3,8-10,15H,4-7,11H2,1H3,(H,20,23). The highest BCUT2D eigenvalue weighted by atomic mass is 32.2. The first-order chi connectivity index (χ1) is 12.0. The molecule has 1 saturated carbocycles. The van der Waals surface area contributed by atoms with E-state index in [1.54, 1.807) is 18.3 Å². The van der Waals surface area contributed by atoms with E-state index in [-0.39, 0.29) is 17.4 Å². The van der Waals surface area contributed by atoms with Crippen molar-refractivity contribution in [1.29, 1.82) is 0 Å². The van der Waals surface area contributed by atoms with Crippen LogP contribution in [0.1, 0.15) is 41.7 Å². The molecule has 0 atom stereocenters. The minimum atomic E-state index is -0.416. The molecule has 1 aliphatic rings. The molecule has 1 aliphatic carbocycles. The van der Waals surface area contributed by atoms with Crippen LogP contribution < -0.4 is 5.32 Å². The van der Waals surface area contributed by atoms with Crippen LogP contribution in [0.15, 0.2) is 35.7 Å². The fourth-order valence-electron chi connectivity index (χ4n) is 2.55. The van der Waals surface area contributed by atoms with Crippen molar-refractivity contribution in [2.24, 2.45) is 0 Å². The van der Waals surface area contributed by atoms with Gasteiger partial charge in [-0.1, -0.05) is 23.9 Å². The molecule has 1 N–H and O–H groups in total. The van der Waals surface area contributed by atoms with E-state index in [1.807, 2.05) is 6.20 Å². The van der Waals surface area contributed by atoms with E-state index in [0.29, 0.717) is 30.1 Å². The molecular weight excluding hydrogens is 341 g/mol. The Bertz CT molecular complexity index is 786. The molecule has 1 amide bonds. The SMILES string of the molecule is CC(=O)NCCc1ccc(C(=O)CSc2nccn2C2CC2)cc1F. The second-order valence-electron chi connectivity index (χ2n) is 6.10. The van der Waals surface area contributed by atoms with Gasteiger partial charge in [-0.15, -0.1) is 0 Å². The van der Waals surface area contributed by atoms with Crippen molar-refractivity contribution in [1.82, 2.24) is 14.9 Å². The number of nitrogens with zero attached hydrogens (tertiary/aromatic N) is 2. The Hall–Kier alpha value is -2.15. The normalized spacial score (nSPS) is 13.7. The van der Waals surface area contributed by atoms with Gasteiger partial charge in [0.05, 0.1) is 5.75 Å². The number of carbonyl (C=O) groups excluding carboxylic acids is 2. The number of thioether (sulfide) groups is 1. The maximum atomic E-state index is 14.1. The molecule has 0 radical (unpaired) electrons. The van der Waals surface area contributed by atoms with Crippen LogP contribution in [0.2, 0.25) is 0 Å². The monoisotopic (exact) mass is 361 g/mol. The maximum Gasteiger partial charge on any atom is 0.216 e. The van der Waals surface area contributed by atoms with E-state index in [2.05, 4.69) is 14.9 Å². The summed E-state index contributed by atoms with van der Waals surface area (Å²) in [4.78, 5) is 27.5. The van der Waals surface area contributed by atoms with E-state index >= 15 is 0 Å². The topological polar surface area (TPSA) is 64.0 Å². The molecule has 1 aromatic carbocycles. The van der Waals surface area contributed by atoms with Crippen molar-refractivity contribution in [2.45, 2.75) is 37.4 Å². The van der Waals surface area contributed by atoms with Crippen molar-refractivity contribution < 1.29 is 14.0 Å². The van der Waals surface area contributed by atoms with Gasteiger partial charge in [-0.2, -0.15) is 0 Å². The number of rotatable bonds is 8. The molecule has 5 nitrogen and oxygen atoms in total. The predicted molar refractivity (Wildman–Crippen MR) is 94.3 cm³/mol. The highest BCUT2D eigenvalue weighted by Crippen LogP contribution is 2.37. The van der Waals surface area contributed by atoms with Crippen LogP contribution in [0.4, 0.5) is 4.39 Å². The Morgan fingerprint density at radius 2 is 2.20 bits per heavy atom. The average Bonchev–Trinajstić information content (AvgIpc) is 3.32. The average molecular weight is 361 g/mol. The smallest absolute Gasteiger partial charge is 0.216 e. The van der Waals surface area contributed by atoms with Gasteiger partial charge in [-0.25, -0.2) is 9.37 Å². The molecule has 3 rings (SSSR count). The van der Waals surface area contributed by atoms with Gasteiger partial charge in [0.1, 0.15) is 5.82 Å². The number of Topliss-reactive ketones (excluding diaryl/α,β-unsaturated/α-hetero) is 1. The molecule has 0 saturated heterocycles. The fraction of sp³-hybridized carbons (Fsp3) is 0.389. The van der Waals surface area contributed by atoms with E-state index in [0.717, 1.165) is 18.0 Å². The molecule has 1 heterocycles. The van der Waals surface area contributed by atoms with Crippen molar-refractivity contribution in [3.05, 3.63) is 47.5 Å². The predicted octanol–water partition coefficient (Wildman–Crippen LogP) is 3.01. The van der Waals surface area contributed by atoms with Gasteiger partial charge in [0.25, 0.3) is 0 Å². The molecule has 0 aliphatic heterocycles. The number of benzene rings is 1. The number of imidazole rings is 1. The first-order valence-corrected chi connectivity index (χ1v) is 9.25. The molecular formula is C18H20FN3O2S. The minimum absolute atomic E-state index is 0.123. The molecule has 0 bridgehead atoms. The van der Waals surface area contributed by atoms with Gasteiger partial charge in [0, 0.05) is 37.5 Å². The number of hydrogen-bond donors (Lipinski definition) is 1. The summed E-state index contributed by atoms with van der Waals surface area (Å²) < 4.78 is 16.2. The van der Waals surface area contributed by atoms with Crippen molar-refractivity contribution in [3.63, 3.8) is 0 Å². The third-order valence-corrected chi connectivity index (χ3v) is 5.03. The zero-order valence-electron chi connectivity index (χ0n) is 14.0. The summed E-state index contributed by atoms with van der Waals surface area (Å²) in [6.45, 7) is 1.80. The quantitative estimate of drug-likeness (QED) is 0.580. The van der Waals surface area contributed by atoms with Crippen LogP contribution >= 0.6 is 11.8 Å². The van der Waals surface area contributed by atoms with Crippen LogP contribution in [0.3, 0.4) is 0 Å². The lowest BCUT2D eigenvalue weighted by Crippen LogP contribution is -2.22. The first kappa shape index (κ1) is 17.7. The lowest BCUT2D eigenvalue weighted by molar-refractivity contribution is -0.118. The van der Waals surface area contributed by atoms with E-state index in [4.69, 9.17) is 0 Å². The molecule has 132 valence electrons. The van der Waals surface area contributed by atoms with Gasteiger partial charge < -0.3 is 9.88 Å². The number of nitrogens with one attached hydrogen (secondary N) is 1. The Morgan fingerprint density at radius 3 is 2.88 bits per heavy atom. The van der Waals surface area contributed by atoms with Gasteiger partial charge in [0.2, 0.25) is 5.91 Å². The number of amides is 1. The van der Waals surface area contributed by atoms with Crippen molar-refractivity contribution in [3.8, 4) is 0 Å². The van der Waals surface area contributed by atoms with Gasteiger partial charge in [-0.05, 0) is 30.9 Å². The Balaban J connectivity index is 1.57. The fourth-order valence-corrected chi connectivity index (χ4v) is 3.47. The van der Waals surface area contributed by atoms with Crippen LogP contribution in [-0.2, 0) is 11.2 Å². The molecule has 2 aromatic rings. The Morgan fingerprint density at radius 1 is 1.40 bits per heavy atom. The summed E-state index contributed by atoms with van der Waals surface area (Å²) in [5, 5.41) is 3.47. The maximum absolute atomic E-state index is 14.1. The number of carbonyl (C=O) groups is 2. The second kappa shape index (κ2) is 7.82. The Kier molecular flexibility index (Phi) is 5.53. The molecule has 7 heteroatoms. The first-order valence-electron chi connectivity index (χ1n) is 8.26. The lowest BCUT2D eigenvalue weighted by Gasteiger charge is -2.07. The number of halogens is 1. The minimum Gasteiger partial charge on any atom is -0.356 e. The third-order valence-electron chi connectivity index (χ3n) is 4.05. The van der Waals surface area contributed by atoms with Crippen LogP contribution in [0, 0.1) is 5.82 Å². The summed E-state index contributed by atoms with van der Waals surface area (Å²) in [7, 11) is 0. The zero-order valence-corrected chi connectivity index (χ0v) is 14.8. The van der Waals surface area contributed by atoms with E-state index in [9.17, 15) is 14.0 Å². The third kappa shape index (κ3) is 4.69. The summed E-state index contributed by atoms with van der Waals surface area (Å²) >= 11 is 1.38. The molecule has 0 spiro atoms. The van der Waals surface area contributed by atoms with Gasteiger partial charge >= 0.3 is 0 Å². The molecule has 1 aromatic heterocycles. The number of ketones is 1. The highest BCUT2D eigenvalue weighted by Gasteiger charge is 2.25. The van der Waals surface area contributed by atoms with Crippen molar-refractivity contribution >= 4 is 23.5 Å². The van der Waals surface area contributed by atoms with E-state index < -0.39 is 5.82 Å². The highest BCUT2D eigenvalue weighted by molar-refractivity contribution is 7.99. The zero-order chi connectivity index (χ0) is 17.8. The lowest BCUT2D eigenvalue weighted by atomic mass is 10.1. The van der Waals surface area contributed by atoms with Crippen LogP contribution in [-0.4, -0.2) is 33.5 Å². The molecule has 1 fully saturated rings. The largest absolute Gasteiger partial charge is 0.356 e. The van der Waals surface area contributed by atoms with Gasteiger partial charge in [-0.3, -0.25) is 9.59 Å².